The lowest BCUT2D eigenvalue weighted by molar-refractivity contribution is 0.00152. The molecule has 2 unspecified atom stereocenters. The summed E-state index contributed by atoms with van der Waals surface area (Å²) >= 11 is 0. The Morgan fingerprint density at radius 3 is 1.80 bits per heavy atom. The van der Waals surface area contributed by atoms with Crippen molar-refractivity contribution in [1.82, 2.24) is 0 Å². The number of hydrogen-bond donors (Lipinski definition) is 1. The Bertz CT molecular complexity index is 230. The summed E-state index contributed by atoms with van der Waals surface area (Å²) in [4.78, 5) is 11.7. The van der Waals surface area contributed by atoms with E-state index in [4.69, 9.17) is 0 Å². The van der Waals surface area contributed by atoms with Crippen molar-refractivity contribution in [3.8, 4) is 0 Å². The quantitative estimate of drug-likeness (QED) is 0.514. The molecule has 0 amide bonds. The Morgan fingerprint density at radius 1 is 0.950 bits per heavy atom. The molecule has 2 atom stereocenters. The molecule has 0 saturated carbocycles. The van der Waals surface area contributed by atoms with Gasteiger partial charge < -0.3 is 5.11 Å². The van der Waals surface area contributed by atoms with Crippen molar-refractivity contribution in [2.24, 2.45) is 11.3 Å². The summed E-state index contributed by atoms with van der Waals surface area (Å²) < 4.78 is 0. The number of aliphatic hydroxyl groups is 1. The number of rotatable bonds is 13. The summed E-state index contributed by atoms with van der Waals surface area (Å²) in [6, 6.07) is 0. The first-order valence-corrected chi connectivity index (χ1v) is 8.69. The van der Waals surface area contributed by atoms with Crippen LogP contribution in [0.2, 0.25) is 0 Å². The van der Waals surface area contributed by atoms with Gasteiger partial charge in [-0.05, 0) is 25.2 Å². The topological polar surface area (TPSA) is 37.3 Å². The molecule has 1 radical (unpaired) electrons. The van der Waals surface area contributed by atoms with Crippen LogP contribution in [-0.4, -0.2) is 17.5 Å². The van der Waals surface area contributed by atoms with Crippen LogP contribution < -0.4 is 0 Å². The van der Waals surface area contributed by atoms with Gasteiger partial charge in [-0.2, -0.15) is 0 Å². The maximum atomic E-state index is 11.7. The highest BCUT2D eigenvalue weighted by Gasteiger charge is 2.41. The van der Waals surface area contributed by atoms with Crippen molar-refractivity contribution < 1.29 is 9.90 Å². The van der Waals surface area contributed by atoms with E-state index in [9.17, 15) is 9.90 Å². The minimum atomic E-state index is -0.625. The molecule has 0 aliphatic carbocycles. The average Bonchev–Trinajstić information content (AvgIpc) is 2.48. The molecule has 0 rings (SSSR count). The highest BCUT2D eigenvalue weighted by molar-refractivity contribution is 5.61. The molecule has 0 spiro atoms. The van der Waals surface area contributed by atoms with Gasteiger partial charge in [-0.25, -0.2) is 0 Å². The number of carbonyl (C=O) groups excluding carboxylic acids is 1. The largest absolute Gasteiger partial charge is 0.392 e. The van der Waals surface area contributed by atoms with Crippen LogP contribution >= 0.6 is 0 Å². The normalized spacial score (nSPS) is 15.1. The van der Waals surface area contributed by atoms with Gasteiger partial charge in [0.15, 0.2) is 0 Å². The third-order valence-corrected chi connectivity index (χ3v) is 4.62. The zero-order chi connectivity index (χ0) is 15.4. The highest BCUT2D eigenvalue weighted by atomic mass is 16.3. The van der Waals surface area contributed by atoms with Gasteiger partial charge in [0.2, 0.25) is 6.29 Å². The minimum absolute atomic E-state index is 0.241. The van der Waals surface area contributed by atoms with Gasteiger partial charge in [-0.3, -0.25) is 4.79 Å². The molecule has 0 heterocycles. The predicted molar refractivity (Wildman–Crippen MR) is 86.5 cm³/mol. The molecule has 0 aliphatic rings. The zero-order valence-electron chi connectivity index (χ0n) is 14.1. The second kappa shape index (κ2) is 11.3. The second-order valence-corrected chi connectivity index (χ2v) is 6.22. The van der Waals surface area contributed by atoms with Gasteiger partial charge in [0.05, 0.1) is 11.5 Å². The Balaban J connectivity index is 4.97. The molecule has 0 aromatic carbocycles. The fourth-order valence-corrected chi connectivity index (χ4v) is 3.07. The predicted octanol–water partition coefficient (Wildman–Crippen LogP) is 5.04. The lowest BCUT2D eigenvalue weighted by Crippen LogP contribution is -2.42. The van der Waals surface area contributed by atoms with Crippen molar-refractivity contribution in [2.45, 2.75) is 98.0 Å². The van der Waals surface area contributed by atoms with Crippen molar-refractivity contribution in [2.75, 3.05) is 0 Å². The molecule has 119 valence electrons. The van der Waals surface area contributed by atoms with Crippen LogP contribution in [0.4, 0.5) is 0 Å². The molecule has 2 nitrogen and oxygen atoms in total. The summed E-state index contributed by atoms with van der Waals surface area (Å²) in [7, 11) is 0. The fourth-order valence-electron chi connectivity index (χ4n) is 3.07. The number of unbranched alkanes of at least 4 members (excludes halogenated alkanes) is 3. The molecule has 0 aromatic heterocycles. The third-order valence-electron chi connectivity index (χ3n) is 4.62. The minimum Gasteiger partial charge on any atom is -0.392 e. The molecule has 0 aromatic rings. The number of hydrogen-bond acceptors (Lipinski definition) is 2. The maximum absolute atomic E-state index is 11.7. The second-order valence-electron chi connectivity index (χ2n) is 6.22. The molecule has 1 N–H and O–H groups in total. The molecular formula is C18H35O2. The SMILES string of the molecule is CCCCC(CC)C(O)C([C]=O)(CCCC)CCCC. The first kappa shape index (κ1) is 19.6. The van der Waals surface area contributed by atoms with Crippen LogP contribution in [0, 0.1) is 11.3 Å². The highest BCUT2D eigenvalue weighted by Crippen LogP contribution is 2.38. The molecule has 0 saturated heterocycles. The zero-order valence-corrected chi connectivity index (χ0v) is 14.1. The van der Waals surface area contributed by atoms with E-state index in [0.717, 1.165) is 64.2 Å². The average molecular weight is 283 g/mol. The van der Waals surface area contributed by atoms with Crippen LogP contribution in [0.5, 0.6) is 0 Å². The first-order chi connectivity index (χ1) is 9.61. The Hall–Kier alpha value is -0.370. The molecule has 20 heavy (non-hydrogen) atoms. The van der Waals surface area contributed by atoms with Gasteiger partial charge in [0.1, 0.15) is 0 Å². The fraction of sp³-hybridized carbons (Fsp3) is 0.944. The van der Waals surface area contributed by atoms with Crippen LogP contribution in [0.1, 0.15) is 91.9 Å². The van der Waals surface area contributed by atoms with Crippen LogP contribution in [0.25, 0.3) is 0 Å². The van der Waals surface area contributed by atoms with Gasteiger partial charge in [-0.1, -0.05) is 72.6 Å². The van der Waals surface area contributed by atoms with E-state index in [1.807, 2.05) is 0 Å². The molecule has 2 heteroatoms. The van der Waals surface area contributed by atoms with E-state index >= 15 is 0 Å². The van der Waals surface area contributed by atoms with Crippen molar-refractivity contribution in [3.63, 3.8) is 0 Å². The monoisotopic (exact) mass is 283 g/mol. The maximum Gasteiger partial charge on any atom is 0.207 e. The van der Waals surface area contributed by atoms with Crippen LogP contribution in [0.15, 0.2) is 0 Å². The summed E-state index contributed by atoms with van der Waals surface area (Å²) in [5.41, 5.74) is -0.625. The standard InChI is InChI=1S/C18H35O2/c1-5-9-12-16(8-4)17(20)18(15-19,13-10-6-2)14-11-7-3/h16-17,20H,5-14H2,1-4H3. The van der Waals surface area contributed by atoms with Gasteiger partial charge in [0.25, 0.3) is 0 Å². The number of aliphatic hydroxyl groups excluding tert-OH is 1. The van der Waals surface area contributed by atoms with Crippen molar-refractivity contribution in [1.29, 1.82) is 0 Å². The lowest BCUT2D eigenvalue weighted by atomic mass is 9.69. The van der Waals surface area contributed by atoms with Crippen molar-refractivity contribution >= 4 is 6.29 Å². The van der Waals surface area contributed by atoms with Crippen molar-refractivity contribution in [3.05, 3.63) is 0 Å². The summed E-state index contributed by atoms with van der Waals surface area (Å²) in [6.07, 6.45) is 11.7. The summed E-state index contributed by atoms with van der Waals surface area (Å²) in [5, 5.41) is 10.8. The van der Waals surface area contributed by atoms with E-state index in [0.29, 0.717) is 0 Å². The van der Waals surface area contributed by atoms with E-state index < -0.39 is 11.5 Å². The van der Waals surface area contributed by atoms with Gasteiger partial charge >= 0.3 is 0 Å². The summed E-state index contributed by atoms with van der Waals surface area (Å²) in [6.45, 7) is 8.57. The van der Waals surface area contributed by atoms with Gasteiger partial charge in [-0.15, -0.1) is 0 Å². The Kier molecular flexibility index (Phi) is 11.1. The van der Waals surface area contributed by atoms with E-state index in [2.05, 4.69) is 34.0 Å². The van der Waals surface area contributed by atoms with E-state index in [-0.39, 0.29) is 5.92 Å². The smallest absolute Gasteiger partial charge is 0.207 e. The third kappa shape index (κ3) is 5.95. The molecule has 0 bridgehead atoms. The lowest BCUT2D eigenvalue weighted by Gasteiger charge is -2.37. The summed E-state index contributed by atoms with van der Waals surface area (Å²) in [5.74, 6) is 0.241. The molecular weight excluding hydrogens is 248 g/mol. The van der Waals surface area contributed by atoms with Crippen LogP contribution in [0.3, 0.4) is 0 Å². The Morgan fingerprint density at radius 2 is 1.45 bits per heavy atom. The van der Waals surface area contributed by atoms with E-state index in [1.165, 1.54) is 0 Å². The van der Waals surface area contributed by atoms with Gasteiger partial charge in [0, 0.05) is 0 Å². The Labute approximate surface area is 126 Å². The van der Waals surface area contributed by atoms with Crippen LogP contribution in [-0.2, 0) is 4.79 Å². The first-order valence-electron chi connectivity index (χ1n) is 8.69. The molecule has 0 fully saturated rings. The van der Waals surface area contributed by atoms with E-state index in [1.54, 1.807) is 0 Å². The molecule has 0 aliphatic heterocycles.